The van der Waals surface area contributed by atoms with Gasteiger partial charge in [0.1, 0.15) is 0 Å². The van der Waals surface area contributed by atoms with Gasteiger partial charge < -0.3 is 19.9 Å². The lowest BCUT2D eigenvalue weighted by molar-refractivity contribution is -0.135. The maximum absolute atomic E-state index is 12.3. The molecule has 3 aliphatic rings. The summed E-state index contributed by atoms with van der Waals surface area (Å²) in [6.07, 6.45) is 4.32. The molecule has 1 amide bonds. The Morgan fingerprint density at radius 2 is 1.81 bits per heavy atom. The van der Waals surface area contributed by atoms with Gasteiger partial charge in [0, 0.05) is 44.1 Å². The quantitative estimate of drug-likeness (QED) is 0.844. The number of carbonyl (C=O) groups is 1. The van der Waals surface area contributed by atoms with Crippen LogP contribution >= 0.6 is 0 Å². The Hall–Kier alpha value is -1.43. The monoisotopic (exact) mass is 357 g/mol. The summed E-state index contributed by atoms with van der Waals surface area (Å²) in [7, 11) is 0. The number of hydrogen-bond acceptors (Lipinski definition) is 4. The van der Waals surface area contributed by atoms with Gasteiger partial charge in [0.15, 0.2) is 0 Å². The van der Waals surface area contributed by atoms with Crippen molar-refractivity contribution >= 4 is 5.91 Å². The molecule has 26 heavy (non-hydrogen) atoms. The van der Waals surface area contributed by atoms with E-state index < -0.39 is 0 Å². The molecule has 1 N–H and O–H groups in total. The second kappa shape index (κ2) is 8.51. The van der Waals surface area contributed by atoms with Crippen LogP contribution in [0.5, 0.6) is 0 Å². The van der Waals surface area contributed by atoms with Crippen molar-refractivity contribution in [3.8, 4) is 0 Å². The summed E-state index contributed by atoms with van der Waals surface area (Å²) in [6, 6.07) is 12.2. The van der Waals surface area contributed by atoms with Gasteiger partial charge in [-0.1, -0.05) is 30.3 Å². The summed E-state index contributed by atoms with van der Waals surface area (Å²) in [5, 5.41) is 3.86. The van der Waals surface area contributed by atoms with Crippen LogP contribution in [-0.4, -0.2) is 73.7 Å². The summed E-state index contributed by atoms with van der Waals surface area (Å²) in [6.45, 7) is 6.01. The lowest BCUT2D eigenvalue weighted by Gasteiger charge is -2.33. The summed E-state index contributed by atoms with van der Waals surface area (Å²) in [5.41, 5.74) is 1.48. The number of rotatable bonds is 6. The van der Waals surface area contributed by atoms with Crippen LogP contribution in [0.1, 0.15) is 37.2 Å². The minimum Gasteiger partial charge on any atom is -0.378 e. The Labute approximate surface area is 156 Å². The van der Waals surface area contributed by atoms with E-state index in [1.54, 1.807) is 0 Å². The van der Waals surface area contributed by atoms with E-state index in [4.69, 9.17) is 4.74 Å². The van der Waals surface area contributed by atoms with Gasteiger partial charge in [0.25, 0.3) is 0 Å². The Bertz CT molecular complexity index is 580. The molecule has 0 aromatic heterocycles. The molecule has 1 aromatic rings. The van der Waals surface area contributed by atoms with Crippen LogP contribution in [0, 0.1) is 0 Å². The number of morpholine rings is 1. The van der Waals surface area contributed by atoms with Gasteiger partial charge in [-0.3, -0.25) is 4.79 Å². The van der Waals surface area contributed by atoms with Crippen LogP contribution in [0.2, 0.25) is 0 Å². The number of hydrogen-bond donors (Lipinski definition) is 1. The molecule has 2 aliphatic heterocycles. The normalized spacial score (nSPS) is 27.5. The number of ether oxygens (including phenoxy) is 1. The average molecular weight is 357 g/mol. The molecule has 1 aliphatic carbocycles. The van der Waals surface area contributed by atoms with Crippen LogP contribution in [0.15, 0.2) is 30.3 Å². The second-order valence-electron chi connectivity index (χ2n) is 7.89. The summed E-state index contributed by atoms with van der Waals surface area (Å²) in [5.74, 6) is 0.998. The number of carbonyl (C=O) groups excluding carboxylic acids is 1. The first-order valence-corrected chi connectivity index (χ1v) is 10.2. The van der Waals surface area contributed by atoms with Crippen molar-refractivity contribution in [1.29, 1.82) is 0 Å². The molecule has 1 saturated carbocycles. The third-order valence-corrected chi connectivity index (χ3v) is 6.06. The first-order valence-electron chi connectivity index (χ1n) is 10.2. The third-order valence-electron chi connectivity index (χ3n) is 6.06. The SMILES string of the molecule is O=C(CCN1CCC(N[C@@H]2C[C@H]2c2ccccc2)CC1)N1CCOCC1. The van der Waals surface area contributed by atoms with Crippen molar-refractivity contribution in [3.05, 3.63) is 35.9 Å². The van der Waals surface area contributed by atoms with Gasteiger partial charge in [-0.05, 0) is 37.9 Å². The molecule has 2 saturated heterocycles. The Morgan fingerprint density at radius 3 is 2.54 bits per heavy atom. The summed E-state index contributed by atoms with van der Waals surface area (Å²) < 4.78 is 5.32. The lowest BCUT2D eigenvalue weighted by Crippen LogP contribution is -2.45. The van der Waals surface area contributed by atoms with Gasteiger partial charge in [0.2, 0.25) is 5.91 Å². The Morgan fingerprint density at radius 1 is 1.08 bits per heavy atom. The molecule has 2 heterocycles. The van der Waals surface area contributed by atoms with E-state index in [0.717, 1.165) is 32.7 Å². The number of benzene rings is 1. The molecule has 4 rings (SSSR count). The van der Waals surface area contributed by atoms with Crippen molar-refractivity contribution in [1.82, 2.24) is 15.1 Å². The van der Waals surface area contributed by atoms with Gasteiger partial charge in [0.05, 0.1) is 13.2 Å². The molecule has 1 aromatic carbocycles. The molecule has 0 spiro atoms. The van der Waals surface area contributed by atoms with Crippen LogP contribution in [-0.2, 0) is 9.53 Å². The van der Waals surface area contributed by atoms with Crippen molar-refractivity contribution in [2.75, 3.05) is 45.9 Å². The van der Waals surface area contributed by atoms with Gasteiger partial charge in [-0.15, -0.1) is 0 Å². The minimum absolute atomic E-state index is 0.289. The molecule has 5 nitrogen and oxygen atoms in total. The topological polar surface area (TPSA) is 44.8 Å². The van der Waals surface area contributed by atoms with Gasteiger partial charge in [-0.2, -0.15) is 0 Å². The summed E-state index contributed by atoms with van der Waals surface area (Å²) >= 11 is 0. The van der Waals surface area contributed by atoms with Crippen LogP contribution in [0.4, 0.5) is 0 Å². The smallest absolute Gasteiger partial charge is 0.224 e. The van der Waals surface area contributed by atoms with E-state index >= 15 is 0 Å². The molecule has 2 atom stereocenters. The van der Waals surface area contributed by atoms with Crippen molar-refractivity contribution in [2.45, 2.75) is 43.7 Å². The molecular weight excluding hydrogens is 326 g/mol. The predicted octanol–water partition coefficient (Wildman–Crippen LogP) is 1.85. The zero-order valence-electron chi connectivity index (χ0n) is 15.6. The van der Waals surface area contributed by atoms with E-state index in [-0.39, 0.29) is 5.91 Å². The predicted molar refractivity (Wildman–Crippen MR) is 102 cm³/mol. The van der Waals surface area contributed by atoms with Crippen molar-refractivity contribution in [2.24, 2.45) is 0 Å². The van der Waals surface area contributed by atoms with E-state index in [1.807, 2.05) is 4.90 Å². The zero-order chi connectivity index (χ0) is 17.8. The minimum atomic E-state index is 0.289. The summed E-state index contributed by atoms with van der Waals surface area (Å²) in [4.78, 5) is 16.7. The van der Waals surface area contributed by atoms with Gasteiger partial charge >= 0.3 is 0 Å². The number of nitrogens with one attached hydrogen (secondary N) is 1. The Kier molecular flexibility index (Phi) is 5.88. The van der Waals surface area contributed by atoms with E-state index in [9.17, 15) is 4.79 Å². The molecular formula is C21H31N3O2. The zero-order valence-corrected chi connectivity index (χ0v) is 15.6. The first-order chi connectivity index (χ1) is 12.8. The maximum Gasteiger partial charge on any atom is 0.224 e. The van der Waals surface area contributed by atoms with E-state index in [0.29, 0.717) is 37.6 Å². The molecule has 5 heteroatoms. The highest BCUT2D eigenvalue weighted by Crippen LogP contribution is 2.41. The third kappa shape index (κ3) is 4.64. The van der Waals surface area contributed by atoms with Gasteiger partial charge in [-0.25, -0.2) is 0 Å². The Balaban J connectivity index is 1.13. The van der Waals surface area contributed by atoms with Crippen molar-refractivity contribution < 1.29 is 9.53 Å². The fourth-order valence-corrected chi connectivity index (χ4v) is 4.30. The fourth-order valence-electron chi connectivity index (χ4n) is 4.30. The molecule has 142 valence electrons. The number of nitrogens with zero attached hydrogens (tertiary/aromatic N) is 2. The average Bonchev–Trinajstić information content (AvgIpc) is 3.48. The largest absolute Gasteiger partial charge is 0.378 e. The standard InChI is InChI=1S/C21H31N3O2/c25-21(24-12-14-26-15-13-24)8-11-23-9-6-18(7-10-23)22-20-16-19(20)17-4-2-1-3-5-17/h1-5,18-20,22H,6-16H2/t19-,20+/m0/s1. The number of amides is 1. The first kappa shape index (κ1) is 18.0. The lowest BCUT2D eigenvalue weighted by atomic mass is 10.0. The molecule has 3 fully saturated rings. The highest BCUT2D eigenvalue weighted by molar-refractivity contribution is 5.76. The maximum atomic E-state index is 12.3. The molecule has 0 radical (unpaired) electrons. The molecule has 0 unspecified atom stereocenters. The van der Waals surface area contributed by atoms with Crippen LogP contribution in [0.3, 0.4) is 0 Å². The highest BCUT2D eigenvalue weighted by atomic mass is 16.5. The number of likely N-dealkylation sites (tertiary alicyclic amines) is 1. The second-order valence-corrected chi connectivity index (χ2v) is 7.89. The highest BCUT2D eigenvalue weighted by Gasteiger charge is 2.39. The van der Waals surface area contributed by atoms with E-state index in [2.05, 4.69) is 40.5 Å². The number of piperidine rings is 1. The van der Waals surface area contributed by atoms with Crippen LogP contribution in [0.25, 0.3) is 0 Å². The van der Waals surface area contributed by atoms with Crippen molar-refractivity contribution in [3.63, 3.8) is 0 Å². The fraction of sp³-hybridized carbons (Fsp3) is 0.667. The molecule has 0 bridgehead atoms. The van der Waals surface area contributed by atoms with Crippen LogP contribution < -0.4 is 5.32 Å². The van der Waals surface area contributed by atoms with E-state index in [1.165, 1.54) is 24.8 Å².